The summed E-state index contributed by atoms with van der Waals surface area (Å²) in [6.07, 6.45) is 6.41. The zero-order valence-corrected chi connectivity index (χ0v) is 27.4. The number of aryl methyl sites for hydroxylation is 1. The van der Waals surface area contributed by atoms with Gasteiger partial charge >= 0.3 is 0 Å². The Bertz CT molecular complexity index is 1510. The van der Waals surface area contributed by atoms with Gasteiger partial charge in [-0.3, -0.25) is 13.9 Å². The number of rotatable bonds is 12. The molecule has 1 atom stereocenters. The molecule has 1 saturated carbocycles. The van der Waals surface area contributed by atoms with Crippen LogP contribution in [0, 0.1) is 6.92 Å². The number of methoxy groups -OCH3 is 1. The molecule has 0 radical (unpaired) electrons. The van der Waals surface area contributed by atoms with E-state index in [1.54, 1.807) is 12.1 Å². The highest BCUT2D eigenvalue weighted by Crippen LogP contribution is 2.31. The number of carbonyl (C=O) groups is 2. The van der Waals surface area contributed by atoms with Gasteiger partial charge in [-0.15, -0.1) is 0 Å². The largest absolute Gasteiger partial charge is 0.495 e. The van der Waals surface area contributed by atoms with Crippen LogP contribution < -0.4 is 14.4 Å². The maximum absolute atomic E-state index is 14.4. The number of hydrogen-bond donors (Lipinski definition) is 1. The van der Waals surface area contributed by atoms with Crippen molar-refractivity contribution in [1.29, 1.82) is 0 Å². The Labute approximate surface area is 263 Å². The maximum Gasteiger partial charge on any atom is 0.244 e. The van der Waals surface area contributed by atoms with Gasteiger partial charge < -0.3 is 15.0 Å². The topological polar surface area (TPSA) is 96.0 Å². The molecule has 0 aromatic heterocycles. The Morgan fingerprint density at radius 2 is 1.67 bits per heavy atom. The summed E-state index contributed by atoms with van der Waals surface area (Å²) in [5, 5.41) is 3.22. The van der Waals surface area contributed by atoms with Gasteiger partial charge in [0, 0.05) is 23.5 Å². The van der Waals surface area contributed by atoms with E-state index in [9.17, 15) is 18.0 Å². The standard InChI is InChI=1S/C33H40BrN3O5S/c1-24-17-18-31(42-2)29(19-24)37(43(3,40)41)23-32(38)36(22-26-13-10-14-27(34)20-26)30(21-25-11-6-4-7-12-25)33(39)35-28-15-8-5-9-16-28/h4,6-7,10-14,17-20,28,30H,5,8-9,15-16,21-23H2,1-3H3,(H,35,39)/t30-/m1/s1. The molecule has 4 rings (SSSR count). The van der Waals surface area contributed by atoms with Gasteiger partial charge in [-0.2, -0.15) is 0 Å². The molecule has 1 aliphatic carbocycles. The minimum Gasteiger partial charge on any atom is -0.495 e. The Balaban J connectivity index is 1.75. The highest BCUT2D eigenvalue weighted by Gasteiger charge is 2.34. The SMILES string of the molecule is COc1ccc(C)cc1N(CC(=O)N(Cc1cccc(Br)c1)[C@H](Cc1ccccc1)C(=O)NC1CCCCC1)S(C)(=O)=O. The quantitative estimate of drug-likeness (QED) is 0.270. The molecule has 3 aromatic rings. The van der Waals surface area contributed by atoms with Crippen molar-refractivity contribution in [1.82, 2.24) is 10.2 Å². The molecule has 1 fully saturated rings. The molecule has 0 saturated heterocycles. The second kappa shape index (κ2) is 14.9. The fraction of sp³-hybridized carbons (Fsp3) is 0.394. The smallest absolute Gasteiger partial charge is 0.244 e. The van der Waals surface area contributed by atoms with Crippen LogP contribution in [0.1, 0.15) is 48.8 Å². The van der Waals surface area contributed by atoms with Crippen molar-refractivity contribution >= 4 is 43.5 Å². The van der Waals surface area contributed by atoms with Crippen molar-refractivity contribution in [3.05, 3.63) is 94.0 Å². The fourth-order valence-corrected chi connectivity index (χ4v) is 6.81. The maximum atomic E-state index is 14.4. The van der Waals surface area contributed by atoms with Crippen molar-refractivity contribution < 1.29 is 22.7 Å². The summed E-state index contributed by atoms with van der Waals surface area (Å²) in [5.41, 5.74) is 2.80. The summed E-state index contributed by atoms with van der Waals surface area (Å²) in [5.74, 6) is -0.398. The van der Waals surface area contributed by atoms with Gasteiger partial charge in [0.25, 0.3) is 0 Å². The summed E-state index contributed by atoms with van der Waals surface area (Å²) in [6, 6.07) is 21.5. The first kappa shape index (κ1) is 32.5. The van der Waals surface area contributed by atoms with E-state index in [2.05, 4.69) is 21.2 Å². The van der Waals surface area contributed by atoms with E-state index in [0.717, 1.165) is 63.8 Å². The van der Waals surface area contributed by atoms with E-state index in [1.165, 1.54) is 12.0 Å². The van der Waals surface area contributed by atoms with Crippen LogP contribution in [0.5, 0.6) is 5.75 Å². The van der Waals surface area contributed by atoms with Crippen molar-refractivity contribution in [2.45, 2.75) is 64.1 Å². The fourth-order valence-electron chi connectivity index (χ4n) is 5.52. The van der Waals surface area contributed by atoms with Gasteiger partial charge in [0.1, 0.15) is 18.3 Å². The van der Waals surface area contributed by atoms with E-state index in [-0.39, 0.29) is 30.6 Å². The van der Waals surface area contributed by atoms with Crippen LogP contribution in [0.4, 0.5) is 5.69 Å². The van der Waals surface area contributed by atoms with Gasteiger partial charge in [0.15, 0.2) is 0 Å². The molecule has 3 aromatic carbocycles. The van der Waals surface area contributed by atoms with E-state index in [4.69, 9.17) is 4.74 Å². The van der Waals surface area contributed by atoms with Crippen LogP contribution in [-0.4, -0.2) is 57.1 Å². The number of hydrogen-bond acceptors (Lipinski definition) is 5. The Hall–Kier alpha value is -3.37. The Morgan fingerprint density at radius 3 is 2.33 bits per heavy atom. The average Bonchev–Trinajstić information content (AvgIpc) is 2.98. The summed E-state index contributed by atoms with van der Waals surface area (Å²) in [4.78, 5) is 29.9. The third-order valence-electron chi connectivity index (χ3n) is 7.75. The van der Waals surface area contributed by atoms with Crippen LogP contribution in [0.3, 0.4) is 0 Å². The number of sulfonamides is 1. The molecule has 0 bridgehead atoms. The van der Waals surface area contributed by atoms with Crippen LogP contribution >= 0.6 is 15.9 Å². The summed E-state index contributed by atoms with van der Waals surface area (Å²) in [6.45, 7) is 1.47. The number of benzene rings is 3. The zero-order chi connectivity index (χ0) is 31.0. The highest BCUT2D eigenvalue weighted by molar-refractivity contribution is 9.10. The molecule has 0 unspecified atom stereocenters. The van der Waals surface area contributed by atoms with Gasteiger partial charge in [-0.05, 0) is 60.7 Å². The lowest BCUT2D eigenvalue weighted by molar-refractivity contribution is -0.140. The first-order valence-electron chi connectivity index (χ1n) is 14.6. The number of nitrogens with zero attached hydrogens (tertiary/aromatic N) is 2. The Kier molecular flexibility index (Phi) is 11.3. The minimum atomic E-state index is -3.91. The molecule has 0 aliphatic heterocycles. The lowest BCUT2D eigenvalue weighted by atomic mass is 9.94. The molecule has 10 heteroatoms. The van der Waals surface area contributed by atoms with E-state index >= 15 is 0 Å². The van der Waals surface area contributed by atoms with Crippen LogP contribution in [-0.2, 0) is 32.6 Å². The van der Waals surface area contributed by atoms with Crippen molar-refractivity contribution in [2.75, 3.05) is 24.2 Å². The molecule has 8 nitrogen and oxygen atoms in total. The molecule has 230 valence electrons. The monoisotopic (exact) mass is 669 g/mol. The van der Waals surface area contributed by atoms with E-state index in [0.29, 0.717) is 5.75 Å². The lowest BCUT2D eigenvalue weighted by Crippen LogP contribution is -2.55. The van der Waals surface area contributed by atoms with Crippen molar-refractivity contribution in [3.63, 3.8) is 0 Å². The summed E-state index contributed by atoms with van der Waals surface area (Å²) < 4.78 is 33.7. The van der Waals surface area contributed by atoms with E-state index in [1.807, 2.05) is 67.6 Å². The van der Waals surface area contributed by atoms with Gasteiger partial charge in [-0.1, -0.05) is 83.7 Å². The lowest BCUT2D eigenvalue weighted by Gasteiger charge is -2.35. The van der Waals surface area contributed by atoms with Crippen molar-refractivity contribution in [2.24, 2.45) is 0 Å². The first-order valence-corrected chi connectivity index (χ1v) is 17.2. The summed E-state index contributed by atoms with van der Waals surface area (Å²) >= 11 is 3.51. The predicted molar refractivity (Wildman–Crippen MR) is 174 cm³/mol. The van der Waals surface area contributed by atoms with Gasteiger partial charge in [0.2, 0.25) is 21.8 Å². The highest BCUT2D eigenvalue weighted by atomic mass is 79.9. The molecule has 1 aliphatic rings. The second-order valence-electron chi connectivity index (χ2n) is 11.1. The van der Waals surface area contributed by atoms with Gasteiger partial charge in [-0.25, -0.2) is 8.42 Å². The van der Waals surface area contributed by atoms with Crippen LogP contribution in [0.2, 0.25) is 0 Å². The van der Waals surface area contributed by atoms with Gasteiger partial charge in [0.05, 0.1) is 19.1 Å². The van der Waals surface area contributed by atoms with Crippen LogP contribution in [0.25, 0.3) is 0 Å². The molecular formula is C33H40BrN3O5S. The third-order valence-corrected chi connectivity index (χ3v) is 9.37. The second-order valence-corrected chi connectivity index (χ2v) is 14.0. The van der Waals surface area contributed by atoms with Crippen LogP contribution in [0.15, 0.2) is 77.3 Å². The summed E-state index contributed by atoms with van der Waals surface area (Å²) in [7, 11) is -2.45. The van der Waals surface area contributed by atoms with E-state index < -0.39 is 28.5 Å². The zero-order valence-electron chi connectivity index (χ0n) is 25.0. The first-order chi connectivity index (χ1) is 20.5. The number of anilines is 1. The average molecular weight is 671 g/mol. The minimum absolute atomic E-state index is 0.0476. The van der Waals surface area contributed by atoms with Crippen molar-refractivity contribution in [3.8, 4) is 5.75 Å². The molecule has 1 N–H and O–H groups in total. The number of amides is 2. The molecule has 0 spiro atoms. The molecule has 2 amide bonds. The normalized spacial score (nSPS) is 14.5. The number of nitrogens with one attached hydrogen (secondary N) is 1. The Morgan fingerprint density at radius 1 is 0.977 bits per heavy atom. The molecule has 43 heavy (non-hydrogen) atoms. The number of carbonyl (C=O) groups excluding carboxylic acids is 2. The third kappa shape index (κ3) is 9.06. The number of ether oxygens (including phenoxy) is 1. The predicted octanol–water partition coefficient (Wildman–Crippen LogP) is 5.62. The number of halogens is 1. The molecular weight excluding hydrogens is 630 g/mol. The molecule has 0 heterocycles.